The highest BCUT2D eigenvalue weighted by Gasteiger charge is 2.36. The lowest BCUT2D eigenvalue weighted by Gasteiger charge is -2.47. The van der Waals surface area contributed by atoms with E-state index in [1.165, 1.54) is 19.3 Å². The summed E-state index contributed by atoms with van der Waals surface area (Å²) in [5, 5.41) is 3.78. The monoisotopic (exact) mass is 276 g/mol. The molecule has 2 rings (SSSR count). The molecule has 0 aliphatic carbocycles. The van der Waals surface area contributed by atoms with Crippen LogP contribution in [0.3, 0.4) is 0 Å². The van der Waals surface area contributed by atoms with Gasteiger partial charge in [0.25, 0.3) is 0 Å². The number of hydrogen-bond donors (Lipinski definition) is 1. The lowest BCUT2D eigenvalue weighted by Crippen LogP contribution is -2.63. The van der Waals surface area contributed by atoms with Crippen molar-refractivity contribution >= 4 is 0 Å². The minimum atomic E-state index is 0.268. The third kappa shape index (κ3) is 3.36. The quantitative estimate of drug-likeness (QED) is 0.897. The first-order valence-corrected chi connectivity index (χ1v) is 7.89. The topological polar surface area (TPSA) is 41.0 Å². The zero-order chi connectivity index (χ0) is 14.6. The summed E-state index contributed by atoms with van der Waals surface area (Å²) < 4.78 is 0. The Morgan fingerprint density at radius 2 is 2.00 bits per heavy atom. The second kappa shape index (κ2) is 6.64. The number of nitrogens with zero attached hydrogens (tertiary/aromatic N) is 3. The Kier molecular flexibility index (Phi) is 5.11. The van der Waals surface area contributed by atoms with Crippen LogP contribution in [0.2, 0.25) is 0 Å². The van der Waals surface area contributed by atoms with E-state index < -0.39 is 0 Å². The third-order valence-corrected chi connectivity index (χ3v) is 4.76. The lowest BCUT2D eigenvalue weighted by atomic mass is 9.88. The first kappa shape index (κ1) is 15.4. The Morgan fingerprint density at radius 3 is 2.55 bits per heavy atom. The molecule has 112 valence electrons. The van der Waals surface area contributed by atoms with Gasteiger partial charge in [0.15, 0.2) is 0 Å². The summed E-state index contributed by atoms with van der Waals surface area (Å²) in [5.74, 6) is 0. The summed E-state index contributed by atoms with van der Waals surface area (Å²) in [5.41, 5.74) is 2.33. The molecule has 1 N–H and O–H groups in total. The van der Waals surface area contributed by atoms with E-state index in [0.29, 0.717) is 6.04 Å². The molecule has 0 spiro atoms. The Morgan fingerprint density at radius 1 is 1.25 bits per heavy atom. The minimum Gasteiger partial charge on any atom is -0.308 e. The van der Waals surface area contributed by atoms with Crippen LogP contribution in [-0.4, -0.2) is 39.5 Å². The summed E-state index contributed by atoms with van der Waals surface area (Å²) in [6.45, 7) is 11.9. The van der Waals surface area contributed by atoms with Gasteiger partial charge in [-0.25, -0.2) is 0 Å². The van der Waals surface area contributed by atoms with E-state index in [2.05, 4.69) is 41.0 Å². The Hall–Kier alpha value is -1.00. The molecule has 0 radical (unpaired) electrons. The number of aryl methyl sites for hydroxylation is 1. The highest BCUT2D eigenvalue weighted by Crippen LogP contribution is 2.24. The van der Waals surface area contributed by atoms with E-state index in [1.807, 2.05) is 19.3 Å². The zero-order valence-electron chi connectivity index (χ0n) is 13.3. The largest absolute Gasteiger partial charge is 0.308 e. The van der Waals surface area contributed by atoms with Crippen molar-refractivity contribution in [1.29, 1.82) is 0 Å². The van der Waals surface area contributed by atoms with E-state index in [4.69, 9.17) is 0 Å². The first-order chi connectivity index (χ1) is 9.62. The van der Waals surface area contributed by atoms with E-state index >= 15 is 0 Å². The normalized spacial score (nSPS) is 22.9. The van der Waals surface area contributed by atoms with Gasteiger partial charge in [-0.15, -0.1) is 0 Å². The molecule has 1 aliphatic heterocycles. The second-order valence-electron chi connectivity index (χ2n) is 5.98. The van der Waals surface area contributed by atoms with Crippen molar-refractivity contribution in [3.05, 3.63) is 23.8 Å². The maximum Gasteiger partial charge on any atom is 0.0727 e. The molecule has 0 bridgehead atoms. The molecule has 2 heterocycles. The molecular formula is C16H28N4. The Labute approximate surface area is 123 Å². The fourth-order valence-corrected chi connectivity index (χ4v) is 3.06. The van der Waals surface area contributed by atoms with E-state index in [1.54, 1.807) is 0 Å². The molecule has 1 unspecified atom stereocenters. The lowest BCUT2D eigenvalue weighted by molar-refractivity contribution is 0.0632. The fourth-order valence-electron chi connectivity index (χ4n) is 3.06. The summed E-state index contributed by atoms with van der Waals surface area (Å²) >= 11 is 0. The highest BCUT2D eigenvalue weighted by molar-refractivity contribution is 5.03. The van der Waals surface area contributed by atoms with E-state index in [9.17, 15) is 0 Å². The van der Waals surface area contributed by atoms with E-state index in [0.717, 1.165) is 31.0 Å². The van der Waals surface area contributed by atoms with Gasteiger partial charge in [-0.2, -0.15) is 0 Å². The summed E-state index contributed by atoms with van der Waals surface area (Å²) in [4.78, 5) is 11.5. The number of nitrogens with one attached hydrogen (secondary N) is 1. The summed E-state index contributed by atoms with van der Waals surface area (Å²) in [7, 11) is 0. The molecule has 1 aromatic heterocycles. The van der Waals surface area contributed by atoms with Crippen LogP contribution in [0.25, 0.3) is 0 Å². The highest BCUT2D eigenvalue weighted by atomic mass is 15.3. The molecule has 0 saturated carbocycles. The van der Waals surface area contributed by atoms with Crippen LogP contribution in [0.1, 0.15) is 51.4 Å². The smallest absolute Gasteiger partial charge is 0.0727 e. The average molecular weight is 276 g/mol. The van der Waals surface area contributed by atoms with E-state index in [-0.39, 0.29) is 5.54 Å². The van der Waals surface area contributed by atoms with Gasteiger partial charge >= 0.3 is 0 Å². The predicted molar refractivity (Wildman–Crippen MR) is 82.6 cm³/mol. The van der Waals surface area contributed by atoms with Crippen LogP contribution in [0, 0.1) is 6.92 Å². The van der Waals surface area contributed by atoms with Crippen molar-refractivity contribution < 1.29 is 0 Å². The fraction of sp³-hybridized carbons (Fsp3) is 0.750. The first-order valence-electron chi connectivity index (χ1n) is 7.89. The molecule has 1 aliphatic rings. The maximum absolute atomic E-state index is 4.52. The average Bonchev–Trinajstić information content (AvgIpc) is 2.49. The van der Waals surface area contributed by atoms with Crippen LogP contribution in [0.4, 0.5) is 0 Å². The molecule has 1 fully saturated rings. The van der Waals surface area contributed by atoms with Gasteiger partial charge in [0, 0.05) is 43.6 Å². The maximum atomic E-state index is 4.52. The Bertz CT molecular complexity index is 411. The molecule has 1 saturated heterocycles. The second-order valence-corrected chi connectivity index (χ2v) is 5.98. The molecule has 20 heavy (non-hydrogen) atoms. The predicted octanol–water partition coefficient (Wildman–Crippen LogP) is 2.53. The SMILES string of the molecule is CCC1CNC(CC)(CC)CN1Cc1cnc(C)cn1. The molecular weight excluding hydrogens is 248 g/mol. The van der Waals surface area contributed by atoms with Gasteiger partial charge in [0.05, 0.1) is 11.4 Å². The molecule has 0 aromatic carbocycles. The minimum absolute atomic E-state index is 0.268. The number of hydrogen-bond acceptors (Lipinski definition) is 4. The number of piperazine rings is 1. The summed E-state index contributed by atoms with van der Waals surface area (Å²) in [6, 6.07) is 0.601. The van der Waals surface area contributed by atoms with Gasteiger partial charge in [0.1, 0.15) is 0 Å². The van der Waals surface area contributed by atoms with Crippen molar-refractivity contribution in [2.45, 2.75) is 65.1 Å². The number of aromatic nitrogens is 2. The third-order valence-electron chi connectivity index (χ3n) is 4.76. The van der Waals surface area contributed by atoms with Crippen molar-refractivity contribution in [1.82, 2.24) is 20.2 Å². The standard InChI is InChI=1S/C16H28N4/c1-5-15-10-19-16(6-2,7-3)12-20(15)11-14-9-17-13(4)8-18-14/h8-9,15,19H,5-7,10-12H2,1-4H3. The molecule has 1 aromatic rings. The Balaban J connectivity index is 2.10. The van der Waals surface area contributed by atoms with Crippen LogP contribution in [0.15, 0.2) is 12.4 Å². The number of rotatable bonds is 5. The molecule has 4 heteroatoms. The zero-order valence-corrected chi connectivity index (χ0v) is 13.3. The van der Waals surface area contributed by atoms with Gasteiger partial charge in [-0.1, -0.05) is 20.8 Å². The van der Waals surface area contributed by atoms with Gasteiger partial charge in [-0.3, -0.25) is 14.9 Å². The molecule has 0 amide bonds. The van der Waals surface area contributed by atoms with Gasteiger partial charge < -0.3 is 5.32 Å². The molecule has 4 nitrogen and oxygen atoms in total. The van der Waals surface area contributed by atoms with Crippen LogP contribution in [-0.2, 0) is 6.54 Å². The van der Waals surface area contributed by atoms with Crippen molar-refractivity contribution in [2.24, 2.45) is 0 Å². The van der Waals surface area contributed by atoms with Crippen LogP contribution in [0.5, 0.6) is 0 Å². The van der Waals surface area contributed by atoms with Crippen LogP contribution >= 0.6 is 0 Å². The van der Waals surface area contributed by atoms with Crippen molar-refractivity contribution in [3.63, 3.8) is 0 Å². The van der Waals surface area contributed by atoms with Crippen molar-refractivity contribution in [3.8, 4) is 0 Å². The van der Waals surface area contributed by atoms with Crippen molar-refractivity contribution in [2.75, 3.05) is 13.1 Å². The molecule has 1 atom stereocenters. The van der Waals surface area contributed by atoms with Gasteiger partial charge in [-0.05, 0) is 26.2 Å². The summed E-state index contributed by atoms with van der Waals surface area (Å²) in [6.07, 6.45) is 7.32. The van der Waals surface area contributed by atoms with Crippen LogP contribution < -0.4 is 5.32 Å². The van der Waals surface area contributed by atoms with Gasteiger partial charge in [0.2, 0.25) is 0 Å².